The maximum atomic E-state index is 12.5. The number of amides is 1. The monoisotopic (exact) mass is 386 g/mol. The van der Waals surface area contributed by atoms with E-state index in [1.165, 1.54) is 0 Å². The highest BCUT2D eigenvalue weighted by Crippen LogP contribution is 2.28. The second kappa shape index (κ2) is 7.89. The van der Waals surface area contributed by atoms with Crippen molar-refractivity contribution in [2.45, 2.75) is 25.2 Å². The van der Waals surface area contributed by atoms with Gasteiger partial charge in [0.15, 0.2) is 0 Å². The summed E-state index contributed by atoms with van der Waals surface area (Å²) in [5.74, 6) is 0.864. The van der Waals surface area contributed by atoms with Gasteiger partial charge in [-0.25, -0.2) is 0 Å². The summed E-state index contributed by atoms with van der Waals surface area (Å²) in [5.41, 5.74) is 2.19. The van der Waals surface area contributed by atoms with Crippen molar-refractivity contribution >= 4 is 17.5 Å². The molecule has 4 rings (SSSR count). The van der Waals surface area contributed by atoms with E-state index in [1.54, 1.807) is 7.11 Å². The molecule has 2 saturated heterocycles. The number of halogens is 1. The molecule has 0 bridgehead atoms. The number of morpholine rings is 1. The van der Waals surface area contributed by atoms with E-state index in [-0.39, 0.29) is 24.7 Å². The quantitative estimate of drug-likeness (QED) is 0.792. The Bertz CT molecular complexity index is 811. The van der Waals surface area contributed by atoms with Crippen LogP contribution in [-0.2, 0) is 22.6 Å². The van der Waals surface area contributed by atoms with Crippen molar-refractivity contribution in [1.29, 1.82) is 0 Å². The molecule has 2 atom stereocenters. The lowest BCUT2D eigenvalue weighted by Gasteiger charge is -2.36. The fraction of sp³-hybridized carbons (Fsp3) is 0.381. The number of benzene rings is 2. The minimum absolute atomic E-state index is 0.0448. The van der Waals surface area contributed by atoms with Crippen molar-refractivity contribution in [1.82, 2.24) is 9.80 Å². The molecule has 142 valence electrons. The van der Waals surface area contributed by atoms with E-state index in [1.807, 2.05) is 53.4 Å². The molecule has 27 heavy (non-hydrogen) atoms. The number of carbonyl (C=O) groups is 1. The van der Waals surface area contributed by atoms with Crippen molar-refractivity contribution < 1.29 is 14.3 Å². The van der Waals surface area contributed by atoms with Crippen LogP contribution in [0.3, 0.4) is 0 Å². The van der Waals surface area contributed by atoms with Gasteiger partial charge >= 0.3 is 0 Å². The van der Waals surface area contributed by atoms with Crippen LogP contribution in [-0.4, -0.2) is 54.7 Å². The first-order chi connectivity index (χ1) is 13.1. The number of fused-ring (bicyclic) bond motifs is 1. The largest absolute Gasteiger partial charge is 0.497 e. The molecule has 2 aromatic carbocycles. The van der Waals surface area contributed by atoms with Crippen molar-refractivity contribution in [2.24, 2.45) is 0 Å². The zero-order valence-electron chi connectivity index (χ0n) is 15.3. The molecule has 0 radical (unpaired) electrons. The lowest BCUT2D eigenvalue weighted by molar-refractivity contribution is -0.153. The van der Waals surface area contributed by atoms with E-state index in [2.05, 4.69) is 4.90 Å². The standard InChI is InChI=1S/C21H23ClN2O3/c1-26-17-8-6-15(7-9-17)10-24-19-12-23(13-20(19)27-14-21(24)25)11-16-4-2-3-5-18(16)22/h2-9,19-20H,10-14H2,1H3. The van der Waals surface area contributed by atoms with Crippen LogP contribution in [0.25, 0.3) is 0 Å². The first kappa shape index (κ1) is 18.3. The van der Waals surface area contributed by atoms with Crippen LogP contribution in [0.5, 0.6) is 5.75 Å². The number of hydrogen-bond donors (Lipinski definition) is 0. The molecule has 2 aromatic rings. The van der Waals surface area contributed by atoms with E-state index in [4.69, 9.17) is 21.1 Å². The maximum Gasteiger partial charge on any atom is 0.249 e. The molecular formula is C21H23ClN2O3. The fourth-order valence-electron chi connectivity index (χ4n) is 3.87. The number of hydrogen-bond acceptors (Lipinski definition) is 4. The summed E-state index contributed by atoms with van der Waals surface area (Å²) in [6.45, 7) is 3.10. The number of carbonyl (C=O) groups excluding carboxylic acids is 1. The first-order valence-electron chi connectivity index (χ1n) is 9.14. The van der Waals surface area contributed by atoms with Crippen LogP contribution >= 0.6 is 11.6 Å². The van der Waals surface area contributed by atoms with Gasteiger partial charge in [-0.15, -0.1) is 0 Å². The highest BCUT2D eigenvalue weighted by atomic mass is 35.5. The molecule has 2 fully saturated rings. The Morgan fingerprint density at radius 1 is 1.11 bits per heavy atom. The summed E-state index contributed by atoms with van der Waals surface area (Å²) in [7, 11) is 1.65. The Kier molecular flexibility index (Phi) is 5.34. The van der Waals surface area contributed by atoms with Gasteiger partial charge in [-0.3, -0.25) is 9.69 Å². The third kappa shape index (κ3) is 3.95. The molecule has 5 nitrogen and oxygen atoms in total. The molecule has 0 N–H and O–H groups in total. The second-order valence-corrected chi connectivity index (χ2v) is 7.48. The molecule has 0 saturated carbocycles. The minimum Gasteiger partial charge on any atom is -0.497 e. The van der Waals surface area contributed by atoms with Gasteiger partial charge in [0, 0.05) is 31.2 Å². The highest BCUT2D eigenvalue weighted by molar-refractivity contribution is 6.31. The lowest BCUT2D eigenvalue weighted by Crippen LogP contribution is -2.53. The second-order valence-electron chi connectivity index (χ2n) is 7.07. The summed E-state index contributed by atoms with van der Waals surface area (Å²) in [4.78, 5) is 16.8. The first-order valence-corrected chi connectivity index (χ1v) is 9.51. The van der Waals surface area contributed by atoms with E-state index in [9.17, 15) is 4.79 Å². The number of nitrogens with zero attached hydrogens (tertiary/aromatic N) is 2. The highest BCUT2D eigenvalue weighted by Gasteiger charge is 2.43. The van der Waals surface area contributed by atoms with Gasteiger partial charge in [-0.2, -0.15) is 0 Å². The predicted molar refractivity (Wildman–Crippen MR) is 104 cm³/mol. The Hall–Kier alpha value is -2.08. The molecule has 6 heteroatoms. The van der Waals surface area contributed by atoms with Gasteiger partial charge in [-0.05, 0) is 29.3 Å². The number of methoxy groups -OCH3 is 1. The molecule has 2 aliphatic heterocycles. The summed E-state index contributed by atoms with van der Waals surface area (Å²) >= 11 is 6.31. The summed E-state index contributed by atoms with van der Waals surface area (Å²) in [6.07, 6.45) is 0.0448. The molecule has 2 unspecified atom stereocenters. The molecule has 0 aromatic heterocycles. The molecule has 1 amide bonds. The Balaban J connectivity index is 1.46. The molecule has 0 aliphatic carbocycles. The zero-order valence-corrected chi connectivity index (χ0v) is 16.1. The summed E-state index contributed by atoms with van der Waals surface area (Å²) in [5, 5.41) is 0.777. The van der Waals surface area contributed by atoms with Gasteiger partial charge in [-0.1, -0.05) is 41.9 Å². The van der Waals surface area contributed by atoms with E-state index >= 15 is 0 Å². The van der Waals surface area contributed by atoms with Crippen LogP contribution in [0.15, 0.2) is 48.5 Å². The fourth-order valence-corrected chi connectivity index (χ4v) is 4.07. The van der Waals surface area contributed by atoms with Crippen molar-refractivity contribution in [3.05, 3.63) is 64.7 Å². The Labute approximate surface area is 164 Å². The van der Waals surface area contributed by atoms with Gasteiger partial charge < -0.3 is 14.4 Å². The molecule has 0 spiro atoms. The normalized spacial score (nSPS) is 22.7. The average molecular weight is 387 g/mol. The number of rotatable bonds is 5. The number of ether oxygens (including phenoxy) is 2. The SMILES string of the molecule is COc1ccc(CN2C(=O)COC3CN(Cc4ccccc4Cl)CC32)cc1. The lowest BCUT2D eigenvalue weighted by atomic mass is 10.1. The van der Waals surface area contributed by atoms with Crippen molar-refractivity contribution in [3.63, 3.8) is 0 Å². The maximum absolute atomic E-state index is 12.5. The van der Waals surface area contributed by atoms with E-state index in [0.29, 0.717) is 6.54 Å². The van der Waals surface area contributed by atoms with Gasteiger partial charge in [0.25, 0.3) is 0 Å². The van der Waals surface area contributed by atoms with Crippen molar-refractivity contribution in [3.8, 4) is 5.75 Å². The van der Waals surface area contributed by atoms with Crippen molar-refractivity contribution in [2.75, 3.05) is 26.8 Å². The number of likely N-dealkylation sites (tertiary alicyclic amines) is 1. The third-order valence-corrected chi connectivity index (χ3v) is 5.69. The van der Waals surface area contributed by atoms with Gasteiger partial charge in [0.05, 0.1) is 19.3 Å². The average Bonchev–Trinajstić information content (AvgIpc) is 3.09. The molecular weight excluding hydrogens is 364 g/mol. The van der Waals surface area contributed by atoms with Crippen LogP contribution in [0.2, 0.25) is 5.02 Å². The van der Waals surface area contributed by atoms with Crippen LogP contribution in [0.4, 0.5) is 0 Å². The van der Waals surface area contributed by atoms with Gasteiger partial charge in [0.1, 0.15) is 12.4 Å². The third-order valence-electron chi connectivity index (χ3n) is 5.32. The summed E-state index contributed by atoms with van der Waals surface area (Å²) < 4.78 is 11.0. The van der Waals surface area contributed by atoms with Crippen LogP contribution < -0.4 is 4.74 Å². The van der Waals surface area contributed by atoms with Crippen LogP contribution in [0, 0.1) is 0 Å². The smallest absolute Gasteiger partial charge is 0.249 e. The molecule has 2 heterocycles. The minimum atomic E-state index is 0.0448. The summed E-state index contributed by atoms with van der Waals surface area (Å²) in [6, 6.07) is 15.8. The predicted octanol–water partition coefficient (Wildman–Crippen LogP) is 2.96. The van der Waals surface area contributed by atoms with Crippen LogP contribution in [0.1, 0.15) is 11.1 Å². The van der Waals surface area contributed by atoms with Gasteiger partial charge in [0.2, 0.25) is 5.91 Å². The van der Waals surface area contributed by atoms with E-state index < -0.39 is 0 Å². The Morgan fingerprint density at radius 3 is 2.63 bits per heavy atom. The zero-order chi connectivity index (χ0) is 18.8. The topological polar surface area (TPSA) is 42.0 Å². The Morgan fingerprint density at radius 2 is 1.89 bits per heavy atom. The van der Waals surface area contributed by atoms with E-state index in [0.717, 1.165) is 41.5 Å². The molecule has 2 aliphatic rings.